The summed E-state index contributed by atoms with van der Waals surface area (Å²) < 4.78 is 6.79. The van der Waals surface area contributed by atoms with Crippen molar-refractivity contribution in [2.75, 3.05) is 27.7 Å². The molecule has 0 spiro atoms. The van der Waals surface area contributed by atoms with Gasteiger partial charge in [0.05, 0.1) is 12.8 Å². The fourth-order valence-electron chi connectivity index (χ4n) is 3.03. The third kappa shape index (κ3) is 3.35. The van der Waals surface area contributed by atoms with E-state index in [9.17, 15) is 9.59 Å². The number of likely N-dealkylation sites (tertiary alicyclic amines) is 1. The smallest absolute Gasteiger partial charge is 0.275 e. The van der Waals surface area contributed by atoms with Crippen molar-refractivity contribution >= 4 is 11.8 Å². The Morgan fingerprint density at radius 1 is 1.20 bits per heavy atom. The molecule has 7 heteroatoms. The number of carbonyl (C=O) groups excluding carboxylic acids is 2. The number of likely N-dealkylation sites (N-methyl/N-ethyl adjacent to an activating group) is 1. The minimum absolute atomic E-state index is 0.0413. The van der Waals surface area contributed by atoms with Crippen LogP contribution in [-0.2, 0) is 4.79 Å². The van der Waals surface area contributed by atoms with E-state index in [2.05, 4.69) is 5.10 Å². The van der Waals surface area contributed by atoms with Gasteiger partial charge in [-0.15, -0.1) is 0 Å². The zero-order valence-corrected chi connectivity index (χ0v) is 14.7. The second-order valence-corrected chi connectivity index (χ2v) is 6.23. The Labute approximate surface area is 146 Å². The number of rotatable bonds is 4. The van der Waals surface area contributed by atoms with Crippen LogP contribution in [0.25, 0.3) is 5.69 Å². The Morgan fingerprint density at radius 3 is 2.56 bits per heavy atom. The van der Waals surface area contributed by atoms with Crippen LogP contribution in [-0.4, -0.2) is 65.2 Å². The number of hydrogen-bond donors (Lipinski definition) is 0. The Kier molecular flexibility index (Phi) is 4.74. The molecule has 3 rings (SSSR count). The highest BCUT2D eigenvalue weighted by Gasteiger charge is 2.36. The van der Waals surface area contributed by atoms with Gasteiger partial charge in [0.2, 0.25) is 5.91 Å². The Morgan fingerprint density at radius 2 is 1.92 bits per heavy atom. The molecule has 1 saturated heterocycles. The zero-order valence-electron chi connectivity index (χ0n) is 14.7. The van der Waals surface area contributed by atoms with Crippen LogP contribution in [0.5, 0.6) is 5.75 Å². The van der Waals surface area contributed by atoms with Gasteiger partial charge in [-0.3, -0.25) is 9.59 Å². The van der Waals surface area contributed by atoms with Gasteiger partial charge in [-0.1, -0.05) is 0 Å². The summed E-state index contributed by atoms with van der Waals surface area (Å²) in [6.45, 7) is 0.582. The van der Waals surface area contributed by atoms with Gasteiger partial charge in [-0.25, -0.2) is 4.68 Å². The molecule has 1 aromatic carbocycles. The number of hydrogen-bond acceptors (Lipinski definition) is 4. The Bertz CT molecular complexity index is 767. The lowest BCUT2D eigenvalue weighted by Gasteiger charge is -2.25. The summed E-state index contributed by atoms with van der Waals surface area (Å²) >= 11 is 0. The molecule has 25 heavy (non-hydrogen) atoms. The number of carbonyl (C=O) groups is 2. The quantitative estimate of drug-likeness (QED) is 0.846. The molecule has 2 aromatic rings. The molecule has 0 saturated carbocycles. The molecular weight excluding hydrogens is 320 g/mol. The van der Waals surface area contributed by atoms with Crippen molar-refractivity contribution in [2.24, 2.45) is 0 Å². The summed E-state index contributed by atoms with van der Waals surface area (Å²) in [6.07, 6.45) is 3.27. The van der Waals surface area contributed by atoms with Crippen LogP contribution >= 0.6 is 0 Å². The molecule has 0 bridgehead atoms. The molecule has 0 unspecified atom stereocenters. The number of amides is 2. The molecule has 1 atom stereocenters. The first kappa shape index (κ1) is 17.0. The molecule has 1 fully saturated rings. The topological polar surface area (TPSA) is 67.7 Å². The van der Waals surface area contributed by atoms with E-state index in [0.717, 1.165) is 17.9 Å². The third-order valence-corrected chi connectivity index (χ3v) is 4.38. The first-order chi connectivity index (χ1) is 12.0. The zero-order chi connectivity index (χ0) is 18.0. The fraction of sp³-hybridized carbons (Fsp3) is 0.389. The fourth-order valence-corrected chi connectivity index (χ4v) is 3.03. The van der Waals surface area contributed by atoms with Gasteiger partial charge in [0, 0.05) is 26.8 Å². The molecule has 0 radical (unpaired) electrons. The largest absolute Gasteiger partial charge is 0.497 e. The summed E-state index contributed by atoms with van der Waals surface area (Å²) in [6, 6.07) is 8.70. The van der Waals surface area contributed by atoms with Gasteiger partial charge in [-0.2, -0.15) is 5.10 Å². The molecule has 0 aliphatic carbocycles. The van der Waals surface area contributed by atoms with E-state index in [-0.39, 0.29) is 11.8 Å². The molecule has 0 N–H and O–H groups in total. The van der Waals surface area contributed by atoms with Crippen molar-refractivity contribution in [3.05, 3.63) is 42.2 Å². The van der Waals surface area contributed by atoms with Crippen LogP contribution in [0.15, 0.2) is 36.5 Å². The van der Waals surface area contributed by atoms with Gasteiger partial charge in [0.15, 0.2) is 5.69 Å². The van der Waals surface area contributed by atoms with Crippen molar-refractivity contribution in [3.8, 4) is 11.4 Å². The summed E-state index contributed by atoms with van der Waals surface area (Å²) in [4.78, 5) is 28.2. The molecule has 7 nitrogen and oxygen atoms in total. The maximum Gasteiger partial charge on any atom is 0.275 e. The predicted octanol–water partition coefficient (Wildman–Crippen LogP) is 1.57. The highest BCUT2D eigenvalue weighted by molar-refractivity contribution is 5.96. The SMILES string of the molecule is COc1ccc(-n2ccc(C(=O)N3CCC[C@@H]3C(=O)N(C)C)n2)cc1. The highest BCUT2D eigenvalue weighted by atomic mass is 16.5. The van der Waals surface area contributed by atoms with Gasteiger partial charge in [0.1, 0.15) is 11.8 Å². The number of benzene rings is 1. The summed E-state index contributed by atoms with van der Waals surface area (Å²) in [5, 5.41) is 4.38. The van der Waals surface area contributed by atoms with Crippen molar-refractivity contribution in [3.63, 3.8) is 0 Å². The standard InChI is InChI=1S/C18H22N4O3/c1-20(2)18(24)16-5-4-11-21(16)17(23)15-10-12-22(19-15)13-6-8-14(25-3)9-7-13/h6-10,12,16H,4-5,11H2,1-3H3/t16-/m1/s1. The van der Waals surface area contributed by atoms with E-state index in [1.54, 1.807) is 43.1 Å². The van der Waals surface area contributed by atoms with Gasteiger partial charge in [0.25, 0.3) is 5.91 Å². The molecule has 2 amide bonds. The van der Waals surface area contributed by atoms with Crippen molar-refractivity contribution in [1.29, 1.82) is 0 Å². The van der Waals surface area contributed by atoms with E-state index in [0.29, 0.717) is 18.7 Å². The van der Waals surface area contributed by atoms with Gasteiger partial charge >= 0.3 is 0 Å². The Balaban J connectivity index is 1.79. The number of aromatic nitrogens is 2. The highest BCUT2D eigenvalue weighted by Crippen LogP contribution is 2.21. The normalized spacial score (nSPS) is 16.8. The van der Waals surface area contributed by atoms with Crippen LogP contribution in [0.4, 0.5) is 0 Å². The van der Waals surface area contributed by atoms with Crippen LogP contribution in [0.1, 0.15) is 23.3 Å². The van der Waals surface area contributed by atoms with Crippen LogP contribution in [0.2, 0.25) is 0 Å². The van der Waals surface area contributed by atoms with E-state index in [1.165, 1.54) is 4.90 Å². The lowest BCUT2D eigenvalue weighted by atomic mass is 10.2. The molecule has 1 aromatic heterocycles. The van der Waals surface area contributed by atoms with E-state index in [1.807, 2.05) is 24.3 Å². The summed E-state index contributed by atoms with van der Waals surface area (Å²) in [5.41, 5.74) is 1.18. The van der Waals surface area contributed by atoms with Crippen LogP contribution < -0.4 is 4.74 Å². The van der Waals surface area contributed by atoms with Crippen molar-refractivity contribution in [1.82, 2.24) is 19.6 Å². The maximum atomic E-state index is 12.8. The van der Waals surface area contributed by atoms with Gasteiger partial charge < -0.3 is 14.5 Å². The van der Waals surface area contributed by atoms with Crippen LogP contribution in [0.3, 0.4) is 0 Å². The lowest BCUT2D eigenvalue weighted by molar-refractivity contribution is -0.132. The molecule has 1 aliphatic rings. The Hall–Kier alpha value is -2.83. The lowest BCUT2D eigenvalue weighted by Crippen LogP contribution is -2.45. The van der Waals surface area contributed by atoms with Gasteiger partial charge in [-0.05, 0) is 43.2 Å². The van der Waals surface area contributed by atoms with Crippen molar-refractivity contribution in [2.45, 2.75) is 18.9 Å². The third-order valence-electron chi connectivity index (χ3n) is 4.38. The molecular formula is C18H22N4O3. The van der Waals surface area contributed by atoms with E-state index >= 15 is 0 Å². The van der Waals surface area contributed by atoms with Crippen LogP contribution in [0, 0.1) is 0 Å². The first-order valence-electron chi connectivity index (χ1n) is 8.23. The number of ether oxygens (including phenoxy) is 1. The average molecular weight is 342 g/mol. The number of methoxy groups -OCH3 is 1. The maximum absolute atomic E-state index is 12.8. The molecule has 132 valence electrons. The molecule has 1 aliphatic heterocycles. The minimum atomic E-state index is -0.395. The number of nitrogens with zero attached hydrogens (tertiary/aromatic N) is 4. The average Bonchev–Trinajstić information content (AvgIpc) is 3.30. The second kappa shape index (κ2) is 6.96. The summed E-state index contributed by atoms with van der Waals surface area (Å²) in [5.74, 6) is 0.514. The predicted molar refractivity (Wildman–Crippen MR) is 92.9 cm³/mol. The monoisotopic (exact) mass is 342 g/mol. The second-order valence-electron chi connectivity index (χ2n) is 6.23. The molecule has 2 heterocycles. The van der Waals surface area contributed by atoms with Crippen molar-refractivity contribution < 1.29 is 14.3 Å². The minimum Gasteiger partial charge on any atom is -0.497 e. The first-order valence-corrected chi connectivity index (χ1v) is 8.23. The van der Waals surface area contributed by atoms with E-state index in [4.69, 9.17) is 4.74 Å². The van der Waals surface area contributed by atoms with E-state index < -0.39 is 6.04 Å². The summed E-state index contributed by atoms with van der Waals surface area (Å²) in [7, 11) is 5.03.